The van der Waals surface area contributed by atoms with Gasteiger partial charge in [0.05, 0.1) is 0 Å². The molecule has 2 fully saturated rings. The van der Waals surface area contributed by atoms with Crippen LogP contribution in [0.5, 0.6) is 0 Å². The molecule has 2 heterocycles. The molecule has 0 aliphatic carbocycles. The Labute approximate surface area is 103 Å². The largest absolute Gasteiger partial charge is 0.368 e. The van der Waals surface area contributed by atoms with E-state index >= 15 is 0 Å². The molecule has 2 aliphatic heterocycles. The quantitative estimate of drug-likeness (QED) is 0.771. The van der Waals surface area contributed by atoms with Crippen LogP contribution in [0.1, 0.15) is 33.1 Å². The second-order valence-corrected chi connectivity index (χ2v) is 5.56. The second-order valence-electron chi connectivity index (χ2n) is 5.56. The van der Waals surface area contributed by atoms with E-state index in [1.807, 2.05) is 0 Å². The van der Waals surface area contributed by atoms with Gasteiger partial charge in [-0.25, -0.2) is 0 Å². The summed E-state index contributed by atoms with van der Waals surface area (Å²) in [6, 6.07) is 0.625. The Kier molecular flexibility index (Phi) is 4.40. The molecule has 0 spiro atoms. The molecule has 2 N–H and O–H groups in total. The predicted molar refractivity (Wildman–Crippen MR) is 66.7 cm³/mol. The number of carbonyl (C=O) groups excluding carboxylic acids is 1. The average molecular weight is 240 g/mol. The summed E-state index contributed by atoms with van der Waals surface area (Å²) in [5.41, 5.74) is 0. The van der Waals surface area contributed by atoms with E-state index in [-0.39, 0.29) is 12.0 Å². The zero-order valence-electron chi connectivity index (χ0n) is 10.9. The van der Waals surface area contributed by atoms with Crippen LogP contribution in [-0.4, -0.2) is 37.7 Å². The van der Waals surface area contributed by atoms with Crippen LogP contribution < -0.4 is 10.6 Å². The Morgan fingerprint density at radius 2 is 2.18 bits per heavy atom. The van der Waals surface area contributed by atoms with Crippen LogP contribution >= 0.6 is 0 Å². The van der Waals surface area contributed by atoms with Gasteiger partial charge in [-0.05, 0) is 44.6 Å². The third-order valence-corrected chi connectivity index (χ3v) is 3.97. The van der Waals surface area contributed by atoms with Crippen LogP contribution in [0.2, 0.25) is 0 Å². The fraction of sp³-hybridized carbons (Fsp3) is 0.923. The van der Waals surface area contributed by atoms with E-state index in [4.69, 9.17) is 4.74 Å². The van der Waals surface area contributed by atoms with Crippen molar-refractivity contribution in [3.05, 3.63) is 0 Å². The first kappa shape index (κ1) is 12.8. The maximum Gasteiger partial charge on any atom is 0.249 e. The average Bonchev–Trinajstić information content (AvgIpc) is 2.74. The van der Waals surface area contributed by atoms with Gasteiger partial charge in [0, 0.05) is 19.2 Å². The molecule has 2 saturated heterocycles. The highest BCUT2D eigenvalue weighted by atomic mass is 16.5. The Morgan fingerprint density at radius 1 is 1.35 bits per heavy atom. The minimum Gasteiger partial charge on any atom is -0.368 e. The van der Waals surface area contributed by atoms with Gasteiger partial charge in [0.15, 0.2) is 0 Å². The van der Waals surface area contributed by atoms with E-state index in [0.29, 0.717) is 17.9 Å². The minimum atomic E-state index is -0.217. The van der Waals surface area contributed by atoms with Crippen LogP contribution in [0.25, 0.3) is 0 Å². The molecule has 0 aromatic heterocycles. The molecule has 2 rings (SSSR count). The monoisotopic (exact) mass is 240 g/mol. The maximum absolute atomic E-state index is 11.9. The number of ether oxygens (including phenoxy) is 1. The first-order chi connectivity index (χ1) is 8.16. The summed E-state index contributed by atoms with van der Waals surface area (Å²) in [5.74, 6) is 1.01. The molecule has 0 saturated carbocycles. The lowest BCUT2D eigenvalue weighted by atomic mass is 9.95. The van der Waals surface area contributed by atoms with Crippen molar-refractivity contribution >= 4 is 5.91 Å². The minimum absolute atomic E-state index is 0.0774. The first-order valence-corrected chi connectivity index (χ1v) is 6.79. The standard InChI is InChI=1S/C13H24N2O2/c1-9-5-6-17-12(9)13(16)15-8-11-4-3-10(2)14-7-11/h9-12,14H,3-8H2,1-2H3,(H,15,16). The van der Waals surface area contributed by atoms with Crippen molar-refractivity contribution < 1.29 is 9.53 Å². The molecule has 0 aromatic carbocycles. The van der Waals surface area contributed by atoms with Gasteiger partial charge in [0.1, 0.15) is 6.10 Å². The van der Waals surface area contributed by atoms with Gasteiger partial charge in [0.25, 0.3) is 0 Å². The normalized spacial score (nSPS) is 38.0. The summed E-state index contributed by atoms with van der Waals surface area (Å²) in [6.45, 7) is 6.82. The topological polar surface area (TPSA) is 50.4 Å². The third kappa shape index (κ3) is 3.42. The highest BCUT2D eigenvalue weighted by molar-refractivity contribution is 5.81. The van der Waals surface area contributed by atoms with Crippen molar-refractivity contribution in [1.82, 2.24) is 10.6 Å². The summed E-state index contributed by atoms with van der Waals surface area (Å²) in [5, 5.41) is 6.49. The molecule has 0 aromatic rings. The number of amides is 1. The van der Waals surface area contributed by atoms with Crippen LogP contribution in [0.3, 0.4) is 0 Å². The highest BCUT2D eigenvalue weighted by Crippen LogP contribution is 2.20. The summed E-state index contributed by atoms with van der Waals surface area (Å²) in [4.78, 5) is 11.9. The molecule has 0 radical (unpaired) electrons. The molecule has 17 heavy (non-hydrogen) atoms. The van der Waals surface area contributed by atoms with Crippen LogP contribution in [0.15, 0.2) is 0 Å². The van der Waals surface area contributed by atoms with Crippen LogP contribution in [-0.2, 0) is 9.53 Å². The molecular formula is C13H24N2O2. The number of rotatable bonds is 3. The maximum atomic E-state index is 11.9. The lowest BCUT2D eigenvalue weighted by molar-refractivity contribution is -0.131. The lowest BCUT2D eigenvalue weighted by Gasteiger charge is -2.28. The first-order valence-electron chi connectivity index (χ1n) is 6.79. The molecule has 98 valence electrons. The molecule has 4 atom stereocenters. The number of hydrogen-bond acceptors (Lipinski definition) is 3. The smallest absolute Gasteiger partial charge is 0.249 e. The number of piperidine rings is 1. The van der Waals surface area contributed by atoms with Crippen LogP contribution in [0.4, 0.5) is 0 Å². The van der Waals surface area contributed by atoms with Crippen molar-refractivity contribution in [3.8, 4) is 0 Å². The van der Waals surface area contributed by atoms with Crippen molar-refractivity contribution in [2.24, 2.45) is 11.8 Å². The molecule has 4 nitrogen and oxygen atoms in total. The van der Waals surface area contributed by atoms with Gasteiger partial charge in [-0.1, -0.05) is 6.92 Å². The number of carbonyl (C=O) groups is 1. The number of hydrogen-bond donors (Lipinski definition) is 2. The summed E-state index contributed by atoms with van der Waals surface area (Å²) in [6.07, 6.45) is 3.19. The van der Waals surface area contributed by atoms with Crippen molar-refractivity contribution in [3.63, 3.8) is 0 Å². The van der Waals surface area contributed by atoms with E-state index < -0.39 is 0 Å². The second kappa shape index (κ2) is 5.83. The molecule has 0 bridgehead atoms. The molecule has 4 heteroatoms. The van der Waals surface area contributed by atoms with E-state index in [2.05, 4.69) is 24.5 Å². The van der Waals surface area contributed by atoms with E-state index in [1.54, 1.807) is 0 Å². The third-order valence-electron chi connectivity index (χ3n) is 3.97. The Bertz CT molecular complexity index is 262. The van der Waals surface area contributed by atoms with E-state index in [9.17, 15) is 4.79 Å². The van der Waals surface area contributed by atoms with Gasteiger partial charge in [-0.3, -0.25) is 4.79 Å². The fourth-order valence-electron chi connectivity index (χ4n) is 2.61. The molecule has 2 aliphatic rings. The Hall–Kier alpha value is -0.610. The molecule has 4 unspecified atom stereocenters. The van der Waals surface area contributed by atoms with Crippen LogP contribution in [0, 0.1) is 11.8 Å². The van der Waals surface area contributed by atoms with E-state index in [1.165, 1.54) is 12.8 Å². The fourth-order valence-corrected chi connectivity index (χ4v) is 2.61. The number of nitrogens with one attached hydrogen (secondary N) is 2. The SMILES string of the molecule is CC1CCC(CNC(=O)C2OCCC2C)CN1. The summed E-state index contributed by atoms with van der Waals surface area (Å²) in [7, 11) is 0. The Balaban J connectivity index is 1.69. The van der Waals surface area contributed by atoms with Gasteiger partial charge in [-0.15, -0.1) is 0 Å². The zero-order chi connectivity index (χ0) is 12.3. The van der Waals surface area contributed by atoms with Gasteiger partial charge in [-0.2, -0.15) is 0 Å². The summed E-state index contributed by atoms with van der Waals surface area (Å²) >= 11 is 0. The van der Waals surface area contributed by atoms with Gasteiger partial charge >= 0.3 is 0 Å². The molecule has 1 amide bonds. The van der Waals surface area contributed by atoms with Crippen molar-refractivity contribution in [2.45, 2.75) is 45.3 Å². The van der Waals surface area contributed by atoms with Crippen molar-refractivity contribution in [1.29, 1.82) is 0 Å². The van der Waals surface area contributed by atoms with Crippen molar-refractivity contribution in [2.75, 3.05) is 19.7 Å². The zero-order valence-corrected chi connectivity index (χ0v) is 10.9. The lowest BCUT2D eigenvalue weighted by Crippen LogP contribution is -2.44. The molecular weight excluding hydrogens is 216 g/mol. The van der Waals surface area contributed by atoms with Gasteiger partial charge < -0.3 is 15.4 Å². The van der Waals surface area contributed by atoms with E-state index in [0.717, 1.165) is 26.1 Å². The Morgan fingerprint density at radius 3 is 2.76 bits per heavy atom. The highest BCUT2D eigenvalue weighted by Gasteiger charge is 2.31. The summed E-state index contributed by atoms with van der Waals surface area (Å²) < 4.78 is 5.46. The van der Waals surface area contributed by atoms with Gasteiger partial charge in [0.2, 0.25) is 5.91 Å². The predicted octanol–water partition coefficient (Wildman–Crippen LogP) is 0.916.